The van der Waals surface area contributed by atoms with Gasteiger partial charge in [0.1, 0.15) is 6.04 Å². The van der Waals surface area contributed by atoms with Crippen LogP contribution < -0.4 is 15.4 Å². The van der Waals surface area contributed by atoms with Crippen molar-refractivity contribution < 1.29 is 18.0 Å². The van der Waals surface area contributed by atoms with E-state index in [1.165, 1.54) is 24.0 Å². The van der Waals surface area contributed by atoms with E-state index in [0.29, 0.717) is 12.0 Å². The quantitative estimate of drug-likeness (QED) is 0.822. The lowest BCUT2D eigenvalue weighted by atomic mass is 10.1. The first-order valence-corrected chi connectivity index (χ1v) is 10.0. The maximum Gasteiger partial charge on any atom is 0.243 e. The van der Waals surface area contributed by atoms with Gasteiger partial charge in [-0.3, -0.25) is 14.5 Å². The smallest absolute Gasteiger partial charge is 0.243 e. The fraction of sp³-hybridized carbons (Fsp3) is 0.263. The first-order valence-electron chi connectivity index (χ1n) is 8.46. The van der Waals surface area contributed by atoms with Gasteiger partial charge in [0, 0.05) is 25.6 Å². The molecule has 0 saturated heterocycles. The second-order valence-electron chi connectivity index (χ2n) is 6.59. The highest BCUT2D eigenvalue weighted by atomic mass is 32.2. The van der Waals surface area contributed by atoms with E-state index in [0.717, 1.165) is 16.8 Å². The van der Waals surface area contributed by atoms with E-state index < -0.39 is 16.1 Å². The van der Waals surface area contributed by atoms with Crippen LogP contribution in [0.5, 0.6) is 0 Å². The second kappa shape index (κ2) is 7.13. The van der Waals surface area contributed by atoms with Crippen molar-refractivity contribution in [2.24, 2.45) is 5.14 Å². The molecule has 0 radical (unpaired) electrons. The number of aryl methyl sites for hydroxylation is 1. The van der Waals surface area contributed by atoms with Gasteiger partial charge in [0.05, 0.1) is 4.90 Å². The Morgan fingerprint density at radius 1 is 1.22 bits per heavy atom. The molecule has 2 amide bonds. The fourth-order valence-corrected chi connectivity index (χ4v) is 3.93. The Bertz CT molecular complexity index is 1020. The van der Waals surface area contributed by atoms with Gasteiger partial charge in [-0.2, -0.15) is 0 Å². The topological polar surface area (TPSA) is 110 Å². The van der Waals surface area contributed by atoms with Crippen LogP contribution in [0.2, 0.25) is 0 Å². The number of nitrogens with zero attached hydrogens (tertiary/aromatic N) is 1. The van der Waals surface area contributed by atoms with Gasteiger partial charge in [-0.1, -0.05) is 24.3 Å². The van der Waals surface area contributed by atoms with Crippen LogP contribution in [0.1, 0.15) is 23.6 Å². The number of nitrogens with one attached hydrogen (secondary N) is 1. The van der Waals surface area contributed by atoms with Crippen LogP contribution in [0.4, 0.5) is 5.69 Å². The Hall–Kier alpha value is -2.71. The van der Waals surface area contributed by atoms with E-state index in [1.54, 1.807) is 13.0 Å². The molecular weight excluding hydrogens is 366 g/mol. The van der Waals surface area contributed by atoms with Crippen molar-refractivity contribution in [2.75, 3.05) is 4.90 Å². The van der Waals surface area contributed by atoms with Crippen molar-refractivity contribution in [2.45, 2.75) is 37.8 Å². The van der Waals surface area contributed by atoms with Crippen LogP contribution >= 0.6 is 0 Å². The molecule has 142 valence electrons. The number of hydrogen-bond donors (Lipinski definition) is 2. The Morgan fingerprint density at radius 2 is 1.93 bits per heavy atom. The number of sulfonamides is 1. The zero-order valence-electron chi connectivity index (χ0n) is 15.1. The molecule has 3 N–H and O–H groups in total. The molecule has 1 heterocycles. The maximum atomic E-state index is 12.7. The maximum absolute atomic E-state index is 12.7. The fourth-order valence-electron chi connectivity index (χ4n) is 3.33. The lowest BCUT2D eigenvalue weighted by Crippen LogP contribution is -2.47. The van der Waals surface area contributed by atoms with Crippen LogP contribution in [-0.2, 0) is 32.6 Å². The molecule has 0 bridgehead atoms. The second-order valence-corrected chi connectivity index (χ2v) is 8.15. The summed E-state index contributed by atoms with van der Waals surface area (Å²) in [5.74, 6) is -0.440. The van der Waals surface area contributed by atoms with Crippen LogP contribution in [0, 0.1) is 6.92 Å². The molecule has 0 fully saturated rings. The van der Waals surface area contributed by atoms with E-state index in [9.17, 15) is 18.0 Å². The molecular formula is C19H21N3O4S. The van der Waals surface area contributed by atoms with Crippen molar-refractivity contribution in [1.82, 2.24) is 5.32 Å². The minimum Gasteiger partial charge on any atom is -0.350 e. The third-order valence-corrected chi connectivity index (χ3v) is 5.62. The summed E-state index contributed by atoms with van der Waals surface area (Å²) in [5, 5.41) is 7.98. The zero-order chi connectivity index (χ0) is 19.8. The number of carbonyl (C=O) groups excluding carboxylic acids is 2. The average molecular weight is 387 g/mol. The summed E-state index contributed by atoms with van der Waals surface area (Å²) >= 11 is 0. The van der Waals surface area contributed by atoms with Gasteiger partial charge in [0.25, 0.3) is 0 Å². The highest BCUT2D eigenvalue weighted by Crippen LogP contribution is 2.32. The third-order valence-electron chi connectivity index (χ3n) is 4.71. The Morgan fingerprint density at radius 3 is 2.56 bits per heavy atom. The number of anilines is 1. The molecule has 0 saturated carbocycles. The summed E-state index contributed by atoms with van der Waals surface area (Å²) in [5.41, 5.74) is 3.21. The summed E-state index contributed by atoms with van der Waals surface area (Å²) in [4.78, 5) is 26.3. The van der Waals surface area contributed by atoms with Gasteiger partial charge < -0.3 is 5.32 Å². The van der Waals surface area contributed by atoms with E-state index in [-0.39, 0.29) is 23.3 Å². The molecule has 2 aromatic carbocycles. The number of rotatable bonds is 4. The highest BCUT2D eigenvalue weighted by Gasteiger charge is 2.36. The highest BCUT2D eigenvalue weighted by molar-refractivity contribution is 7.89. The third kappa shape index (κ3) is 3.86. The summed E-state index contributed by atoms with van der Waals surface area (Å²) in [7, 11) is -3.77. The lowest BCUT2D eigenvalue weighted by Gasteiger charge is -2.23. The SMILES string of the molecule is CC(=O)N1c2ccccc2C[C@H]1C(=O)NCc1ccc(S(N)(=O)=O)cc1C. The van der Waals surface area contributed by atoms with Crippen LogP contribution in [0.25, 0.3) is 0 Å². The molecule has 1 aliphatic heterocycles. The summed E-state index contributed by atoms with van der Waals surface area (Å²) in [6.07, 6.45) is 0.463. The molecule has 8 heteroatoms. The predicted octanol–water partition coefficient (Wildman–Crippen LogP) is 1.24. The zero-order valence-corrected chi connectivity index (χ0v) is 15.9. The monoisotopic (exact) mass is 387 g/mol. The number of nitrogens with two attached hydrogens (primary N) is 1. The van der Waals surface area contributed by atoms with Crippen molar-refractivity contribution >= 4 is 27.5 Å². The molecule has 27 heavy (non-hydrogen) atoms. The van der Waals surface area contributed by atoms with E-state index in [1.807, 2.05) is 24.3 Å². The van der Waals surface area contributed by atoms with Crippen molar-refractivity contribution in [1.29, 1.82) is 0 Å². The minimum absolute atomic E-state index is 0.0315. The number of para-hydroxylation sites is 1. The number of fused-ring (bicyclic) bond motifs is 1. The van der Waals surface area contributed by atoms with Gasteiger partial charge in [-0.15, -0.1) is 0 Å². The minimum atomic E-state index is -3.77. The normalized spacial score (nSPS) is 16.1. The largest absolute Gasteiger partial charge is 0.350 e. The Labute approximate surface area is 158 Å². The number of primary sulfonamides is 1. The molecule has 3 rings (SSSR count). The molecule has 1 atom stereocenters. The van der Waals surface area contributed by atoms with E-state index >= 15 is 0 Å². The predicted molar refractivity (Wildman–Crippen MR) is 101 cm³/mol. The Balaban J connectivity index is 1.74. The molecule has 2 aromatic rings. The van der Waals surface area contributed by atoms with Crippen molar-refractivity contribution in [3.63, 3.8) is 0 Å². The number of carbonyl (C=O) groups is 2. The standard InChI is InChI=1S/C19H21N3O4S/c1-12-9-16(27(20,25)26)8-7-15(12)11-21-19(24)18-10-14-5-3-4-6-17(14)22(18)13(2)23/h3-9,18H,10-11H2,1-2H3,(H,21,24)(H2,20,25,26)/t18-/m0/s1. The first kappa shape index (κ1) is 19.1. The van der Waals surface area contributed by atoms with Gasteiger partial charge in [0.15, 0.2) is 0 Å². The van der Waals surface area contributed by atoms with Gasteiger partial charge >= 0.3 is 0 Å². The van der Waals surface area contributed by atoms with Crippen LogP contribution in [0.15, 0.2) is 47.4 Å². The molecule has 0 unspecified atom stereocenters. The molecule has 7 nitrogen and oxygen atoms in total. The van der Waals surface area contributed by atoms with Crippen LogP contribution in [-0.4, -0.2) is 26.3 Å². The van der Waals surface area contributed by atoms with Crippen molar-refractivity contribution in [3.8, 4) is 0 Å². The average Bonchev–Trinajstić information content (AvgIpc) is 2.99. The van der Waals surface area contributed by atoms with Gasteiger partial charge in [0.2, 0.25) is 21.8 Å². The van der Waals surface area contributed by atoms with Gasteiger partial charge in [-0.25, -0.2) is 13.6 Å². The first-order chi connectivity index (χ1) is 12.7. The number of amides is 2. The molecule has 0 aliphatic carbocycles. The summed E-state index contributed by atoms with van der Waals surface area (Å²) in [6, 6.07) is 11.4. The molecule has 0 spiro atoms. The Kier molecular flexibility index (Phi) is 5.03. The van der Waals surface area contributed by atoms with E-state index in [2.05, 4.69) is 5.32 Å². The van der Waals surface area contributed by atoms with Crippen LogP contribution in [0.3, 0.4) is 0 Å². The number of hydrogen-bond acceptors (Lipinski definition) is 4. The summed E-state index contributed by atoms with van der Waals surface area (Å²) < 4.78 is 22.8. The summed E-state index contributed by atoms with van der Waals surface area (Å²) in [6.45, 7) is 3.43. The number of benzene rings is 2. The van der Waals surface area contributed by atoms with E-state index in [4.69, 9.17) is 5.14 Å². The lowest BCUT2D eigenvalue weighted by molar-refractivity contribution is -0.125. The molecule has 0 aromatic heterocycles. The van der Waals surface area contributed by atoms with Crippen molar-refractivity contribution in [3.05, 3.63) is 59.2 Å². The molecule has 1 aliphatic rings. The van der Waals surface area contributed by atoms with Gasteiger partial charge in [-0.05, 0) is 41.8 Å².